The van der Waals surface area contributed by atoms with Gasteiger partial charge in [-0.05, 0) is 31.1 Å². The van der Waals surface area contributed by atoms with Crippen LogP contribution < -0.4 is 4.74 Å². The first-order chi connectivity index (χ1) is 13.7. The largest absolute Gasteiger partial charge is 0.494 e. The van der Waals surface area contributed by atoms with Gasteiger partial charge in [-0.3, -0.25) is 0 Å². The van der Waals surface area contributed by atoms with E-state index in [4.69, 9.17) is 14.2 Å². The van der Waals surface area contributed by atoms with E-state index in [9.17, 15) is 4.79 Å². The van der Waals surface area contributed by atoms with Gasteiger partial charge in [-0.15, -0.1) is 0 Å². The van der Waals surface area contributed by atoms with Crippen LogP contribution >= 0.6 is 0 Å². The minimum absolute atomic E-state index is 0.0191. The highest BCUT2D eigenvalue weighted by Crippen LogP contribution is 2.32. The second kappa shape index (κ2) is 10.6. The summed E-state index contributed by atoms with van der Waals surface area (Å²) >= 11 is 0. The highest BCUT2D eigenvalue weighted by atomic mass is 16.7. The van der Waals surface area contributed by atoms with Gasteiger partial charge in [-0.2, -0.15) is 0 Å². The van der Waals surface area contributed by atoms with Crippen LogP contribution in [-0.4, -0.2) is 31.9 Å². The Morgan fingerprint density at radius 2 is 1.79 bits per heavy atom. The van der Waals surface area contributed by atoms with E-state index in [0.717, 1.165) is 24.2 Å². The van der Waals surface area contributed by atoms with Gasteiger partial charge in [0.25, 0.3) is 0 Å². The van der Waals surface area contributed by atoms with Crippen LogP contribution in [0, 0.1) is 0 Å². The first-order valence-corrected chi connectivity index (χ1v) is 9.54. The number of rotatable bonds is 8. The van der Waals surface area contributed by atoms with Crippen molar-refractivity contribution in [1.29, 1.82) is 0 Å². The number of hydrogen-bond donors (Lipinski definition) is 0. The maximum Gasteiger partial charge on any atom is 0.330 e. The lowest BCUT2D eigenvalue weighted by Gasteiger charge is -2.35. The summed E-state index contributed by atoms with van der Waals surface area (Å²) in [5.41, 5.74) is 0.962. The molecule has 28 heavy (non-hydrogen) atoms. The normalized spacial score (nSPS) is 22.1. The molecule has 1 saturated heterocycles. The molecular weight excluding hydrogens is 356 g/mol. The Labute approximate surface area is 165 Å². The summed E-state index contributed by atoms with van der Waals surface area (Å²) in [6.45, 7) is 0.628. The van der Waals surface area contributed by atoms with Gasteiger partial charge < -0.3 is 18.9 Å². The van der Waals surface area contributed by atoms with Crippen molar-refractivity contribution in [3.05, 3.63) is 78.4 Å². The summed E-state index contributed by atoms with van der Waals surface area (Å²) in [6, 6.07) is 19.6. The minimum Gasteiger partial charge on any atom is -0.494 e. The molecule has 3 unspecified atom stereocenters. The second-order valence-electron chi connectivity index (χ2n) is 6.60. The molecule has 0 aromatic heterocycles. The molecule has 2 aromatic rings. The molecule has 3 rings (SSSR count). The number of para-hydroxylation sites is 1. The van der Waals surface area contributed by atoms with Crippen molar-refractivity contribution in [2.45, 2.75) is 37.8 Å². The predicted octanol–water partition coefficient (Wildman–Crippen LogP) is 4.45. The Hall–Kier alpha value is -2.63. The molecule has 0 saturated carbocycles. The summed E-state index contributed by atoms with van der Waals surface area (Å²) < 4.78 is 22.6. The van der Waals surface area contributed by atoms with Crippen LogP contribution in [0.5, 0.6) is 5.75 Å². The maximum atomic E-state index is 11.4. The summed E-state index contributed by atoms with van der Waals surface area (Å²) in [5, 5.41) is 0. The third-order valence-corrected chi connectivity index (χ3v) is 4.51. The van der Waals surface area contributed by atoms with E-state index in [1.165, 1.54) is 13.2 Å². The lowest BCUT2D eigenvalue weighted by Crippen LogP contribution is -2.33. The smallest absolute Gasteiger partial charge is 0.330 e. The molecule has 1 aliphatic heterocycles. The van der Waals surface area contributed by atoms with Gasteiger partial charge in [0.1, 0.15) is 5.75 Å². The summed E-state index contributed by atoms with van der Waals surface area (Å²) in [6.07, 6.45) is 4.91. The van der Waals surface area contributed by atoms with Crippen LogP contribution in [0.2, 0.25) is 0 Å². The van der Waals surface area contributed by atoms with E-state index in [2.05, 4.69) is 4.74 Å². The van der Waals surface area contributed by atoms with E-state index >= 15 is 0 Å². The van der Waals surface area contributed by atoms with Crippen molar-refractivity contribution < 1.29 is 23.7 Å². The minimum atomic E-state index is -0.456. The zero-order valence-electron chi connectivity index (χ0n) is 16.0. The van der Waals surface area contributed by atoms with Gasteiger partial charge in [0.15, 0.2) is 6.29 Å². The molecular formula is C23H26O5. The second-order valence-corrected chi connectivity index (χ2v) is 6.60. The fourth-order valence-electron chi connectivity index (χ4n) is 3.08. The highest BCUT2D eigenvalue weighted by molar-refractivity contribution is 5.81. The summed E-state index contributed by atoms with van der Waals surface area (Å²) in [7, 11) is 1.36. The van der Waals surface area contributed by atoms with Gasteiger partial charge >= 0.3 is 5.97 Å². The van der Waals surface area contributed by atoms with E-state index in [1.54, 1.807) is 6.08 Å². The molecule has 0 radical (unpaired) electrons. The predicted molar refractivity (Wildman–Crippen MR) is 106 cm³/mol. The number of benzene rings is 2. The number of carbonyl (C=O) groups excluding carboxylic acids is 1. The number of hydrogen-bond acceptors (Lipinski definition) is 5. The molecule has 0 aliphatic carbocycles. The first kappa shape index (κ1) is 20.1. The van der Waals surface area contributed by atoms with Gasteiger partial charge in [0, 0.05) is 18.1 Å². The van der Waals surface area contributed by atoms with E-state index in [1.807, 2.05) is 60.7 Å². The fourth-order valence-corrected chi connectivity index (χ4v) is 3.08. The van der Waals surface area contributed by atoms with Crippen LogP contribution in [0.25, 0.3) is 0 Å². The van der Waals surface area contributed by atoms with Gasteiger partial charge in [-0.25, -0.2) is 4.79 Å². The van der Waals surface area contributed by atoms with E-state index < -0.39 is 6.29 Å². The van der Waals surface area contributed by atoms with Crippen molar-refractivity contribution >= 4 is 5.97 Å². The summed E-state index contributed by atoms with van der Waals surface area (Å²) in [5.74, 6) is 0.482. The number of esters is 1. The SMILES string of the molecule is COC(=O)/C=C/C1CC(CCCOc2ccccc2)OC(c2ccccc2)O1. The molecule has 148 valence electrons. The van der Waals surface area contributed by atoms with Crippen molar-refractivity contribution in [3.63, 3.8) is 0 Å². The molecule has 2 aromatic carbocycles. The third-order valence-electron chi connectivity index (χ3n) is 4.51. The zero-order valence-corrected chi connectivity index (χ0v) is 16.0. The van der Waals surface area contributed by atoms with Crippen LogP contribution in [0.1, 0.15) is 31.1 Å². The number of carbonyl (C=O) groups is 1. The maximum absolute atomic E-state index is 11.4. The molecule has 0 N–H and O–H groups in total. The Kier molecular flexibility index (Phi) is 7.64. The Balaban J connectivity index is 1.57. The van der Waals surface area contributed by atoms with Gasteiger partial charge in [0.05, 0.1) is 25.9 Å². The number of ether oxygens (including phenoxy) is 4. The Morgan fingerprint density at radius 1 is 1.07 bits per heavy atom. The Bertz CT molecular complexity index is 744. The van der Waals surface area contributed by atoms with Crippen LogP contribution in [0.3, 0.4) is 0 Å². The molecule has 5 heteroatoms. The molecule has 1 heterocycles. The van der Waals surface area contributed by atoms with Crippen molar-refractivity contribution in [2.24, 2.45) is 0 Å². The van der Waals surface area contributed by atoms with Gasteiger partial charge in [0.2, 0.25) is 0 Å². The lowest BCUT2D eigenvalue weighted by molar-refractivity contribution is -0.238. The molecule has 1 fully saturated rings. The highest BCUT2D eigenvalue weighted by Gasteiger charge is 2.29. The fraction of sp³-hybridized carbons (Fsp3) is 0.348. The van der Waals surface area contributed by atoms with Gasteiger partial charge in [-0.1, -0.05) is 48.5 Å². The van der Waals surface area contributed by atoms with Crippen LogP contribution in [-0.2, 0) is 19.0 Å². The molecule has 5 nitrogen and oxygen atoms in total. The van der Waals surface area contributed by atoms with E-state index in [0.29, 0.717) is 13.0 Å². The average Bonchev–Trinajstić information content (AvgIpc) is 2.76. The quantitative estimate of drug-likeness (QED) is 0.384. The van der Waals surface area contributed by atoms with Crippen LogP contribution in [0.4, 0.5) is 0 Å². The average molecular weight is 382 g/mol. The van der Waals surface area contributed by atoms with Crippen molar-refractivity contribution in [1.82, 2.24) is 0 Å². The Morgan fingerprint density at radius 3 is 2.50 bits per heavy atom. The van der Waals surface area contributed by atoms with Crippen molar-refractivity contribution in [3.8, 4) is 5.75 Å². The standard InChI is InChI=1S/C23H26O5/c1-25-22(24)15-14-21-17-20(13-8-16-26-19-11-6-3-7-12-19)27-23(28-21)18-9-4-2-5-10-18/h2-7,9-12,14-15,20-21,23H,8,13,16-17H2,1H3/b15-14+. The molecule has 0 amide bonds. The number of methoxy groups -OCH3 is 1. The molecule has 0 bridgehead atoms. The zero-order chi connectivity index (χ0) is 19.6. The third kappa shape index (κ3) is 6.22. The summed E-state index contributed by atoms with van der Waals surface area (Å²) in [4.78, 5) is 11.4. The van der Waals surface area contributed by atoms with E-state index in [-0.39, 0.29) is 18.2 Å². The monoisotopic (exact) mass is 382 g/mol. The molecule has 1 aliphatic rings. The topological polar surface area (TPSA) is 54.0 Å². The molecule has 0 spiro atoms. The molecule has 3 atom stereocenters. The van der Waals surface area contributed by atoms with Crippen LogP contribution in [0.15, 0.2) is 72.8 Å². The lowest BCUT2D eigenvalue weighted by atomic mass is 10.0. The van der Waals surface area contributed by atoms with Crippen molar-refractivity contribution in [2.75, 3.05) is 13.7 Å². The first-order valence-electron chi connectivity index (χ1n) is 9.54.